The van der Waals surface area contributed by atoms with Crippen molar-refractivity contribution in [2.75, 3.05) is 29.9 Å². The number of hydrogen-bond donors (Lipinski definition) is 2. The van der Waals surface area contributed by atoms with Gasteiger partial charge in [0.25, 0.3) is 11.8 Å². The fourth-order valence-corrected chi connectivity index (χ4v) is 3.06. The van der Waals surface area contributed by atoms with Crippen molar-refractivity contribution in [3.05, 3.63) is 52.0 Å². The van der Waals surface area contributed by atoms with Crippen LogP contribution in [-0.2, 0) is 9.59 Å². The van der Waals surface area contributed by atoms with Crippen LogP contribution in [0.1, 0.15) is 23.7 Å². The highest BCUT2D eigenvalue weighted by atomic mass is 35.5. The van der Waals surface area contributed by atoms with E-state index in [0.717, 1.165) is 6.42 Å². The molecule has 1 heterocycles. The molecule has 2 aromatic carbocycles. The van der Waals surface area contributed by atoms with Crippen molar-refractivity contribution in [3.8, 4) is 5.75 Å². The second-order valence-electron chi connectivity index (χ2n) is 6.38. The van der Waals surface area contributed by atoms with Crippen molar-refractivity contribution in [1.29, 1.82) is 0 Å². The Morgan fingerprint density at radius 3 is 2.66 bits per heavy atom. The monoisotopic (exact) mass is 435 g/mol. The van der Waals surface area contributed by atoms with Gasteiger partial charge in [-0.1, -0.05) is 30.1 Å². The third kappa shape index (κ3) is 4.99. The van der Waals surface area contributed by atoms with E-state index in [0.29, 0.717) is 34.3 Å². The van der Waals surface area contributed by atoms with Crippen LogP contribution in [0.25, 0.3) is 0 Å². The molecule has 0 saturated heterocycles. The number of anilines is 2. The molecule has 1 aliphatic heterocycles. The Kier molecular flexibility index (Phi) is 6.61. The number of carbonyl (C=O) groups is 3. The van der Waals surface area contributed by atoms with Crippen LogP contribution in [0.2, 0.25) is 10.0 Å². The SMILES string of the molecule is CCCNC(=O)CN1C(=O)COc2ccc(NC(=O)c3ccc(Cl)c(Cl)c3)cc21. The molecule has 1 aliphatic rings. The molecule has 2 N–H and O–H groups in total. The smallest absolute Gasteiger partial charge is 0.265 e. The highest BCUT2D eigenvalue weighted by Crippen LogP contribution is 2.34. The van der Waals surface area contributed by atoms with Gasteiger partial charge in [-0.2, -0.15) is 0 Å². The minimum absolute atomic E-state index is 0.126. The first-order valence-corrected chi connectivity index (χ1v) is 9.75. The Hall–Kier alpha value is -2.77. The second-order valence-corrected chi connectivity index (χ2v) is 7.20. The number of fused-ring (bicyclic) bond motifs is 1. The van der Waals surface area contributed by atoms with E-state index in [1.807, 2.05) is 6.92 Å². The van der Waals surface area contributed by atoms with Gasteiger partial charge in [-0.15, -0.1) is 0 Å². The van der Waals surface area contributed by atoms with Crippen LogP contribution in [0.3, 0.4) is 0 Å². The predicted molar refractivity (Wildman–Crippen MR) is 112 cm³/mol. The third-order valence-corrected chi connectivity index (χ3v) is 4.95. The highest BCUT2D eigenvalue weighted by molar-refractivity contribution is 6.42. The summed E-state index contributed by atoms with van der Waals surface area (Å²) in [5, 5.41) is 6.11. The lowest BCUT2D eigenvalue weighted by atomic mass is 10.1. The van der Waals surface area contributed by atoms with Gasteiger partial charge in [0.15, 0.2) is 6.61 Å². The van der Waals surface area contributed by atoms with Crippen molar-refractivity contribution < 1.29 is 19.1 Å². The zero-order valence-corrected chi connectivity index (χ0v) is 17.1. The van der Waals surface area contributed by atoms with E-state index in [9.17, 15) is 14.4 Å². The molecule has 3 amide bonds. The maximum atomic E-state index is 12.5. The number of hydrogen-bond acceptors (Lipinski definition) is 4. The van der Waals surface area contributed by atoms with E-state index >= 15 is 0 Å². The molecule has 2 aromatic rings. The Labute approximate surface area is 177 Å². The summed E-state index contributed by atoms with van der Waals surface area (Å²) in [6.45, 7) is 2.20. The van der Waals surface area contributed by atoms with Crippen LogP contribution in [0.4, 0.5) is 11.4 Å². The molecule has 0 saturated carbocycles. The number of nitrogens with one attached hydrogen (secondary N) is 2. The molecule has 0 radical (unpaired) electrons. The van der Waals surface area contributed by atoms with Crippen LogP contribution in [0, 0.1) is 0 Å². The van der Waals surface area contributed by atoms with Crippen LogP contribution < -0.4 is 20.3 Å². The van der Waals surface area contributed by atoms with Crippen LogP contribution in [0.15, 0.2) is 36.4 Å². The molecule has 0 bridgehead atoms. The Morgan fingerprint density at radius 1 is 1.14 bits per heavy atom. The first kappa shape index (κ1) is 21.0. The van der Waals surface area contributed by atoms with E-state index < -0.39 is 0 Å². The van der Waals surface area contributed by atoms with Crippen molar-refractivity contribution in [1.82, 2.24) is 5.32 Å². The fourth-order valence-electron chi connectivity index (χ4n) is 2.76. The van der Waals surface area contributed by atoms with Gasteiger partial charge in [0, 0.05) is 17.8 Å². The summed E-state index contributed by atoms with van der Waals surface area (Å²) in [5.74, 6) is -0.533. The van der Waals surface area contributed by atoms with E-state index in [2.05, 4.69) is 10.6 Å². The molecular formula is C20H19Cl2N3O4. The minimum Gasteiger partial charge on any atom is -0.482 e. The number of carbonyl (C=O) groups excluding carboxylic acids is 3. The number of rotatable bonds is 6. The van der Waals surface area contributed by atoms with Crippen molar-refractivity contribution in [3.63, 3.8) is 0 Å². The van der Waals surface area contributed by atoms with Crippen LogP contribution in [0.5, 0.6) is 5.75 Å². The number of halogens is 2. The molecule has 0 aromatic heterocycles. The molecule has 152 valence electrons. The molecule has 3 rings (SSSR count). The third-order valence-electron chi connectivity index (χ3n) is 4.22. The Morgan fingerprint density at radius 2 is 1.93 bits per heavy atom. The Bertz CT molecular complexity index is 965. The van der Waals surface area contributed by atoms with Gasteiger partial charge >= 0.3 is 0 Å². The summed E-state index contributed by atoms with van der Waals surface area (Å²) in [6.07, 6.45) is 0.796. The van der Waals surface area contributed by atoms with Crippen molar-refractivity contribution in [2.24, 2.45) is 0 Å². The first-order chi connectivity index (χ1) is 13.9. The number of amides is 3. The molecule has 9 heteroatoms. The molecule has 0 aliphatic carbocycles. The lowest BCUT2D eigenvalue weighted by Gasteiger charge is -2.29. The summed E-state index contributed by atoms with van der Waals surface area (Å²) in [6, 6.07) is 9.44. The number of nitrogens with zero attached hydrogens (tertiary/aromatic N) is 1. The highest BCUT2D eigenvalue weighted by Gasteiger charge is 2.27. The van der Waals surface area contributed by atoms with Gasteiger partial charge in [0.2, 0.25) is 5.91 Å². The normalized spacial score (nSPS) is 12.8. The van der Waals surface area contributed by atoms with Gasteiger partial charge in [0.05, 0.1) is 15.7 Å². The molecule has 0 unspecified atom stereocenters. The van der Waals surface area contributed by atoms with Crippen molar-refractivity contribution in [2.45, 2.75) is 13.3 Å². The van der Waals surface area contributed by atoms with E-state index in [4.69, 9.17) is 27.9 Å². The summed E-state index contributed by atoms with van der Waals surface area (Å²) in [7, 11) is 0. The van der Waals surface area contributed by atoms with Crippen molar-refractivity contribution >= 4 is 52.3 Å². The van der Waals surface area contributed by atoms with Gasteiger partial charge in [-0.3, -0.25) is 19.3 Å². The molecule has 0 atom stereocenters. The molecular weight excluding hydrogens is 417 g/mol. The zero-order chi connectivity index (χ0) is 21.0. The topological polar surface area (TPSA) is 87.7 Å². The largest absolute Gasteiger partial charge is 0.482 e. The summed E-state index contributed by atoms with van der Waals surface area (Å²) >= 11 is 11.8. The standard InChI is InChI=1S/C20H19Cl2N3O4/c1-2-7-23-18(26)10-25-16-9-13(4-6-17(16)29-11-19(25)27)24-20(28)12-3-5-14(21)15(22)8-12/h3-6,8-9H,2,7,10-11H2,1H3,(H,23,26)(H,24,28). The van der Waals surface area contributed by atoms with E-state index in [1.165, 1.54) is 17.0 Å². The average molecular weight is 436 g/mol. The predicted octanol–water partition coefficient (Wildman–Crippen LogP) is 3.50. The minimum atomic E-state index is -0.390. The molecule has 0 spiro atoms. The second kappa shape index (κ2) is 9.15. The zero-order valence-electron chi connectivity index (χ0n) is 15.6. The van der Waals surface area contributed by atoms with Crippen LogP contribution >= 0.6 is 23.2 Å². The van der Waals surface area contributed by atoms with Gasteiger partial charge in [-0.05, 0) is 42.8 Å². The van der Waals surface area contributed by atoms with Gasteiger partial charge in [-0.25, -0.2) is 0 Å². The Balaban J connectivity index is 1.80. The van der Waals surface area contributed by atoms with E-state index in [-0.39, 0.29) is 35.9 Å². The first-order valence-electron chi connectivity index (χ1n) is 8.99. The number of benzene rings is 2. The molecule has 0 fully saturated rings. The van der Waals surface area contributed by atoms with Crippen LogP contribution in [-0.4, -0.2) is 37.4 Å². The summed E-state index contributed by atoms with van der Waals surface area (Å²) in [4.78, 5) is 38.2. The summed E-state index contributed by atoms with van der Waals surface area (Å²) in [5.41, 5.74) is 1.19. The lowest BCUT2D eigenvalue weighted by Crippen LogP contribution is -2.45. The number of ether oxygens (including phenoxy) is 1. The molecule has 29 heavy (non-hydrogen) atoms. The molecule has 7 nitrogen and oxygen atoms in total. The summed E-state index contributed by atoms with van der Waals surface area (Å²) < 4.78 is 5.43. The maximum Gasteiger partial charge on any atom is 0.265 e. The fraction of sp³-hybridized carbons (Fsp3) is 0.250. The van der Waals surface area contributed by atoms with Gasteiger partial charge < -0.3 is 15.4 Å². The van der Waals surface area contributed by atoms with E-state index in [1.54, 1.807) is 24.3 Å². The quantitative estimate of drug-likeness (QED) is 0.726. The average Bonchev–Trinajstić information content (AvgIpc) is 2.70. The lowest BCUT2D eigenvalue weighted by molar-refractivity contribution is -0.125. The van der Waals surface area contributed by atoms with Gasteiger partial charge in [0.1, 0.15) is 12.3 Å². The maximum absolute atomic E-state index is 12.5.